The fourth-order valence-corrected chi connectivity index (χ4v) is 4.47. The molecule has 1 aliphatic rings. The summed E-state index contributed by atoms with van der Waals surface area (Å²) in [4.78, 5) is 41.8. The summed E-state index contributed by atoms with van der Waals surface area (Å²) in [5.41, 5.74) is 1.08. The van der Waals surface area contributed by atoms with Gasteiger partial charge in [-0.1, -0.05) is 26.0 Å². The van der Waals surface area contributed by atoms with Crippen molar-refractivity contribution in [3.8, 4) is 0 Å². The van der Waals surface area contributed by atoms with Gasteiger partial charge in [-0.15, -0.1) is 0 Å². The standard InChI is InChI=1S/C23H34N4O4/c1-16(27-18-8-6-7-9-19(18)31-22(27)30)21(29)26-12-10-17(11-13-26)20(28)24-14-23(2,3)15-25(4)5/h6-9,16-17H,10-15H2,1-5H3,(H,24,28). The van der Waals surface area contributed by atoms with Crippen molar-refractivity contribution in [3.63, 3.8) is 0 Å². The highest BCUT2D eigenvalue weighted by Gasteiger charge is 2.32. The number of hydrogen-bond acceptors (Lipinski definition) is 5. The predicted octanol–water partition coefficient (Wildman–Crippen LogP) is 2.10. The molecule has 0 radical (unpaired) electrons. The van der Waals surface area contributed by atoms with Crippen LogP contribution in [0.15, 0.2) is 33.5 Å². The first-order valence-electron chi connectivity index (χ1n) is 10.9. The average Bonchev–Trinajstić information content (AvgIpc) is 3.06. The number of benzene rings is 1. The monoisotopic (exact) mass is 430 g/mol. The summed E-state index contributed by atoms with van der Waals surface area (Å²) < 4.78 is 6.67. The van der Waals surface area contributed by atoms with Crippen LogP contribution in [-0.2, 0) is 9.59 Å². The largest absolute Gasteiger partial charge is 0.420 e. The van der Waals surface area contributed by atoms with E-state index in [0.717, 1.165) is 6.54 Å². The highest BCUT2D eigenvalue weighted by Crippen LogP contribution is 2.23. The van der Waals surface area contributed by atoms with Crippen molar-refractivity contribution in [3.05, 3.63) is 34.8 Å². The van der Waals surface area contributed by atoms with Crippen molar-refractivity contribution in [1.82, 2.24) is 19.7 Å². The first-order chi connectivity index (χ1) is 14.6. The Hall–Kier alpha value is -2.61. The Labute approximate surface area is 183 Å². The second kappa shape index (κ2) is 9.26. The van der Waals surface area contributed by atoms with Crippen LogP contribution in [0.5, 0.6) is 0 Å². The molecule has 1 aromatic heterocycles. The van der Waals surface area contributed by atoms with E-state index in [1.165, 1.54) is 4.57 Å². The van der Waals surface area contributed by atoms with Gasteiger partial charge >= 0.3 is 5.76 Å². The highest BCUT2D eigenvalue weighted by atomic mass is 16.4. The fraction of sp³-hybridized carbons (Fsp3) is 0.609. The number of carbonyl (C=O) groups is 2. The van der Waals surface area contributed by atoms with Crippen molar-refractivity contribution in [2.75, 3.05) is 40.3 Å². The van der Waals surface area contributed by atoms with E-state index in [4.69, 9.17) is 4.42 Å². The predicted molar refractivity (Wildman–Crippen MR) is 120 cm³/mol. The van der Waals surface area contributed by atoms with Gasteiger partial charge < -0.3 is 19.5 Å². The van der Waals surface area contributed by atoms with Crippen LogP contribution in [0.4, 0.5) is 0 Å². The molecule has 2 amide bonds. The summed E-state index contributed by atoms with van der Waals surface area (Å²) in [6, 6.07) is 6.44. The molecule has 1 fully saturated rings. The molecule has 0 spiro atoms. The van der Waals surface area contributed by atoms with Gasteiger partial charge in [-0.05, 0) is 51.4 Å². The third-order valence-corrected chi connectivity index (χ3v) is 5.93. The lowest BCUT2D eigenvalue weighted by Crippen LogP contribution is -2.47. The number of carbonyl (C=O) groups excluding carboxylic acids is 2. The fourth-order valence-electron chi connectivity index (χ4n) is 4.47. The first kappa shape index (κ1) is 23.1. The van der Waals surface area contributed by atoms with Gasteiger partial charge in [0.25, 0.3) is 0 Å². The van der Waals surface area contributed by atoms with Crippen molar-refractivity contribution in [2.24, 2.45) is 11.3 Å². The SMILES string of the molecule is CC(C(=O)N1CCC(C(=O)NCC(C)(C)CN(C)C)CC1)n1c(=O)oc2ccccc21. The number of oxazole rings is 1. The molecule has 1 aliphatic heterocycles. The summed E-state index contributed by atoms with van der Waals surface area (Å²) in [5.74, 6) is -0.688. The lowest BCUT2D eigenvalue weighted by molar-refractivity contribution is -0.138. The molecule has 0 aliphatic carbocycles. The van der Waals surface area contributed by atoms with Crippen LogP contribution in [0.3, 0.4) is 0 Å². The maximum atomic E-state index is 13.0. The van der Waals surface area contributed by atoms with Crippen molar-refractivity contribution < 1.29 is 14.0 Å². The molecule has 3 rings (SSSR count). The van der Waals surface area contributed by atoms with E-state index >= 15 is 0 Å². The van der Waals surface area contributed by atoms with E-state index in [9.17, 15) is 14.4 Å². The quantitative estimate of drug-likeness (QED) is 0.727. The van der Waals surface area contributed by atoms with Gasteiger partial charge in [0.05, 0.1) is 5.52 Å². The smallest absolute Gasteiger partial charge is 0.408 e. The molecular weight excluding hydrogens is 396 g/mol. The molecule has 1 aromatic carbocycles. The number of piperidine rings is 1. The molecule has 8 heteroatoms. The molecule has 2 aromatic rings. The van der Waals surface area contributed by atoms with E-state index in [1.807, 2.05) is 20.2 Å². The lowest BCUT2D eigenvalue weighted by Gasteiger charge is -2.34. The van der Waals surface area contributed by atoms with E-state index < -0.39 is 11.8 Å². The molecule has 1 saturated heterocycles. The van der Waals surface area contributed by atoms with Gasteiger partial charge in [-0.25, -0.2) is 4.79 Å². The normalized spacial score (nSPS) is 16.6. The minimum atomic E-state index is -0.659. The Morgan fingerprint density at radius 1 is 1.23 bits per heavy atom. The van der Waals surface area contributed by atoms with E-state index in [2.05, 4.69) is 24.1 Å². The zero-order valence-electron chi connectivity index (χ0n) is 19.2. The summed E-state index contributed by atoms with van der Waals surface area (Å²) in [6.07, 6.45) is 1.25. The maximum absolute atomic E-state index is 13.0. The minimum absolute atomic E-state index is 0.00805. The second-order valence-electron chi connectivity index (χ2n) is 9.60. The number of hydrogen-bond donors (Lipinski definition) is 1. The van der Waals surface area contributed by atoms with Gasteiger partial charge in [-0.2, -0.15) is 0 Å². The Bertz CT molecular complexity index is 983. The molecule has 1 unspecified atom stereocenters. The zero-order chi connectivity index (χ0) is 22.8. The molecule has 8 nitrogen and oxygen atoms in total. The van der Waals surface area contributed by atoms with Gasteiger partial charge in [0.1, 0.15) is 6.04 Å². The minimum Gasteiger partial charge on any atom is -0.408 e. The third kappa shape index (κ3) is 5.36. The molecule has 170 valence electrons. The lowest BCUT2D eigenvalue weighted by atomic mass is 9.91. The zero-order valence-corrected chi connectivity index (χ0v) is 19.2. The topological polar surface area (TPSA) is 87.8 Å². The number of para-hydroxylation sites is 2. The average molecular weight is 431 g/mol. The van der Waals surface area contributed by atoms with Crippen LogP contribution >= 0.6 is 0 Å². The Morgan fingerprint density at radius 2 is 1.87 bits per heavy atom. The van der Waals surface area contributed by atoms with Crippen molar-refractivity contribution in [1.29, 1.82) is 0 Å². The number of likely N-dealkylation sites (tertiary alicyclic amines) is 1. The molecule has 0 bridgehead atoms. The van der Waals surface area contributed by atoms with E-state index in [1.54, 1.807) is 30.0 Å². The number of fused-ring (bicyclic) bond motifs is 1. The Kier molecular flexibility index (Phi) is 6.89. The Morgan fingerprint density at radius 3 is 2.52 bits per heavy atom. The molecule has 1 atom stereocenters. The number of nitrogens with zero attached hydrogens (tertiary/aromatic N) is 3. The molecule has 31 heavy (non-hydrogen) atoms. The van der Waals surface area contributed by atoms with Gasteiger partial charge in [0.2, 0.25) is 11.8 Å². The van der Waals surface area contributed by atoms with Crippen LogP contribution in [0, 0.1) is 11.3 Å². The molecular formula is C23H34N4O4. The van der Waals surface area contributed by atoms with Crippen LogP contribution in [0.25, 0.3) is 11.1 Å². The van der Waals surface area contributed by atoms with Crippen LogP contribution in [-0.4, -0.2) is 66.5 Å². The molecule has 0 saturated carbocycles. The highest BCUT2D eigenvalue weighted by molar-refractivity contribution is 5.84. The summed E-state index contributed by atoms with van der Waals surface area (Å²) in [7, 11) is 4.05. The molecule has 2 heterocycles. The van der Waals surface area contributed by atoms with E-state index in [0.29, 0.717) is 43.6 Å². The number of aromatic nitrogens is 1. The van der Waals surface area contributed by atoms with Crippen molar-refractivity contribution >= 4 is 22.9 Å². The van der Waals surface area contributed by atoms with Crippen LogP contribution < -0.4 is 11.1 Å². The second-order valence-corrected chi connectivity index (χ2v) is 9.60. The van der Waals surface area contributed by atoms with Crippen LogP contribution in [0.1, 0.15) is 39.7 Å². The summed E-state index contributed by atoms with van der Waals surface area (Å²) in [6.45, 7) is 8.52. The molecule has 1 N–H and O–H groups in total. The summed E-state index contributed by atoms with van der Waals surface area (Å²) in [5, 5.41) is 3.09. The Balaban J connectivity index is 1.56. The van der Waals surface area contributed by atoms with Crippen molar-refractivity contribution in [2.45, 2.75) is 39.7 Å². The van der Waals surface area contributed by atoms with E-state index in [-0.39, 0.29) is 23.1 Å². The van der Waals surface area contributed by atoms with Gasteiger partial charge in [0, 0.05) is 32.1 Å². The van der Waals surface area contributed by atoms with Gasteiger partial charge in [0.15, 0.2) is 5.58 Å². The maximum Gasteiger partial charge on any atom is 0.420 e. The number of rotatable bonds is 7. The number of amides is 2. The third-order valence-electron chi connectivity index (χ3n) is 5.93. The number of nitrogens with one attached hydrogen (secondary N) is 1. The first-order valence-corrected chi connectivity index (χ1v) is 10.9. The summed E-state index contributed by atoms with van der Waals surface area (Å²) >= 11 is 0. The van der Waals surface area contributed by atoms with Crippen LogP contribution in [0.2, 0.25) is 0 Å². The van der Waals surface area contributed by atoms with Gasteiger partial charge in [-0.3, -0.25) is 14.2 Å².